The zero-order valence-electron chi connectivity index (χ0n) is 17.4. The van der Waals surface area contributed by atoms with Gasteiger partial charge in [-0.2, -0.15) is 0 Å². The molecule has 0 aliphatic heterocycles. The van der Waals surface area contributed by atoms with Gasteiger partial charge in [-0.3, -0.25) is 9.05 Å². The Hall–Kier alpha value is -0.0100. The first-order valence-electron chi connectivity index (χ1n) is 9.73. The number of rotatable bonds is 18. The van der Waals surface area contributed by atoms with Gasteiger partial charge in [0.1, 0.15) is 19.3 Å². The van der Waals surface area contributed by atoms with E-state index in [1.807, 2.05) is 21.1 Å². The minimum absolute atomic E-state index is 0.0360. The average Bonchev–Trinajstić information content (AvgIpc) is 2.54. The Morgan fingerprint density at radius 2 is 1.54 bits per heavy atom. The Morgan fingerprint density at radius 3 is 2.12 bits per heavy atom. The van der Waals surface area contributed by atoms with Crippen LogP contribution in [-0.4, -0.2) is 76.7 Å². The summed E-state index contributed by atoms with van der Waals surface area (Å²) >= 11 is 0. The number of phosphoric ester groups is 1. The molecule has 0 aliphatic carbocycles. The molecule has 0 rings (SSSR count). The summed E-state index contributed by atoms with van der Waals surface area (Å²) in [6, 6.07) is 0. The highest BCUT2D eigenvalue weighted by Gasteiger charge is 2.24. The Kier molecular flexibility index (Phi) is 15.0. The van der Waals surface area contributed by atoms with E-state index in [-0.39, 0.29) is 19.3 Å². The van der Waals surface area contributed by atoms with Crippen molar-refractivity contribution in [2.24, 2.45) is 0 Å². The molecule has 1 unspecified atom stereocenters. The molecular weight excluding hydrogens is 357 g/mol. The third-order valence-electron chi connectivity index (χ3n) is 3.97. The molecule has 0 heterocycles. The van der Waals surface area contributed by atoms with Crippen molar-refractivity contribution in [3.8, 4) is 0 Å². The van der Waals surface area contributed by atoms with Crippen LogP contribution in [0.5, 0.6) is 0 Å². The zero-order chi connectivity index (χ0) is 19.9. The molecule has 0 amide bonds. The number of methoxy groups -OCH3 is 1. The first-order chi connectivity index (χ1) is 12.2. The first kappa shape index (κ1) is 26.0. The highest BCUT2D eigenvalue weighted by atomic mass is 31.2. The van der Waals surface area contributed by atoms with Gasteiger partial charge in [-0.25, -0.2) is 4.57 Å². The summed E-state index contributed by atoms with van der Waals surface area (Å²) < 4.78 is 33.3. The van der Waals surface area contributed by atoms with Crippen LogP contribution in [0.25, 0.3) is 0 Å². The van der Waals surface area contributed by atoms with E-state index >= 15 is 0 Å². The van der Waals surface area contributed by atoms with E-state index in [9.17, 15) is 9.46 Å². The number of likely N-dealkylation sites (N-methyl/N-ethyl adjacent to an activating group) is 1. The molecule has 0 aromatic heterocycles. The van der Waals surface area contributed by atoms with E-state index in [0.29, 0.717) is 24.2 Å². The lowest BCUT2D eigenvalue weighted by Gasteiger charge is -2.24. The van der Waals surface area contributed by atoms with Gasteiger partial charge in [0.15, 0.2) is 0 Å². The van der Waals surface area contributed by atoms with Crippen molar-refractivity contribution in [3.05, 3.63) is 0 Å². The smallest absolute Gasteiger partial charge is 0.379 e. The fourth-order valence-electron chi connectivity index (χ4n) is 2.20. The predicted molar refractivity (Wildman–Crippen MR) is 104 cm³/mol. The van der Waals surface area contributed by atoms with Crippen molar-refractivity contribution < 1.29 is 32.5 Å². The maximum absolute atomic E-state index is 11.9. The molecular formula is C18H41NO6P+. The molecule has 0 saturated carbocycles. The lowest BCUT2D eigenvalue weighted by Crippen LogP contribution is -2.37. The zero-order valence-corrected chi connectivity index (χ0v) is 18.3. The summed E-state index contributed by atoms with van der Waals surface area (Å²) in [4.78, 5) is 9.69. The molecule has 2 atom stereocenters. The van der Waals surface area contributed by atoms with E-state index in [1.54, 1.807) is 0 Å². The standard InChI is InChI=1S/C18H40NO6P/c1-6-7-8-9-10-11-12-14-23-16-18(22-5)17-25-26(20,21)24-15-13-19(2,3)4/h18H,6-17H2,1-5H3/p+1/t18-/m1/s1. The summed E-state index contributed by atoms with van der Waals surface area (Å²) in [5, 5.41) is 0. The number of ether oxygens (including phenoxy) is 2. The van der Waals surface area contributed by atoms with Gasteiger partial charge < -0.3 is 18.9 Å². The summed E-state index contributed by atoms with van der Waals surface area (Å²) in [5.41, 5.74) is 0. The van der Waals surface area contributed by atoms with E-state index in [1.165, 1.54) is 45.6 Å². The maximum Gasteiger partial charge on any atom is 0.472 e. The number of phosphoric acid groups is 1. The molecule has 0 saturated heterocycles. The van der Waals surface area contributed by atoms with Gasteiger partial charge in [0.25, 0.3) is 0 Å². The van der Waals surface area contributed by atoms with Crippen LogP contribution in [0.2, 0.25) is 0 Å². The van der Waals surface area contributed by atoms with Crippen molar-refractivity contribution in [2.45, 2.75) is 58.0 Å². The third-order valence-corrected chi connectivity index (χ3v) is 4.95. The second-order valence-corrected chi connectivity index (χ2v) is 9.12. The second kappa shape index (κ2) is 15.0. The molecule has 8 heteroatoms. The summed E-state index contributed by atoms with van der Waals surface area (Å²) in [7, 11) is 3.43. The van der Waals surface area contributed by atoms with Gasteiger partial charge in [-0.15, -0.1) is 0 Å². The topological polar surface area (TPSA) is 74.2 Å². The quantitative estimate of drug-likeness (QED) is 0.216. The van der Waals surface area contributed by atoms with Gasteiger partial charge in [0.05, 0.1) is 34.4 Å². The minimum Gasteiger partial charge on any atom is -0.379 e. The molecule has 0 aliphatic rings. The Bertz CT molecular complexity index is 375. The molecule has 0 spiro atoms. The van der Waals surface area contributed by atoms with Crippen molar-refractivity contribution in [1.29, 1.82) is 0 Å². The van der Waals surface area contributed by atoms with Gasteiger partial charge in [-0.1, -0.05) is 45.4 Å². The van der Waals surface area contributed by atoms with Crippen LogP contribution < -0.4 is 0 Å². The van der Waals surface area contributed by atoms with E-state index in [2.05, 4.69) is 6.92 Å². The fourth-order valence-corrected chi connectivity index (χ4v) is 2.95. The number of quaternary nitrogens is 1. The third kappa shape index (κ3) is 17.4. The van der Waals surface area contributed by atoms with Crippen LogP contribution in [0.15, 0.2) is 0 Å². The number of nitrogens with zero attached hydrogens (tertiary/aromatic N) is 1. The van der Waals surface area contributed by atoms with E-state index < -0.39 is 7.82 Å². The lowest BCUT2D eigenvalue weighted by atomic mass is 10.1. The molecule has 0 radical (unpaired) electrons. The van der Waals surface area contributed by atoms with Gasteiger partial charge in [0.2, 0.25) is 0 Å². The largest absolute Gasteiger partial charge is 0.472 e. The Labute approximate surface area is 160 Å². The van der Waals surface area contributed by atoms with Gasteiger partial charge in [0, 0.05) is 13.7 Å². The minimum atomic E-state index is -4.05. The van der Waals surface area contributed by atoms with Gasteiger partial charge >= 0.3 is 7.82 Å². The lowest BCUT2D eigenvalue weighted by molar-refractivity contribution is -0.870. The molecule has 0 fully saturated rings. The average molecular weight is 399 g/mol. The number of hydrogen-bond donors (Lipinski definition) is 1. The molecule has 26 heavy (non-hydrogen) atoms. The molecule has 0 bridgehead atoms. The van der Waals surface area contributed by atoms with Crippen LogP contribution in [-0.2, 0) is 23.1 Å². The predicted octanol–water partition coefficient (Wildman–Crippen LogP) is 3.61. The normalized spacial score (nSPS) is 15.8. The monoisotopic (exact) mass is 398 g/mol. The van der Waals surface area contributed by atoms with Crippen LogP contribution in [0.3, 0.4) is 0 Å². The Morgan fingerprint density at radius 1 is 0.923 bits per heavy atom. The van der Waals surface area contributed by atoms with Crippen molar-refractivity contribution >= 4 is 7.82 Å². The van der Waals surface area contributed by atoms with Crippen molar-refractivity contribution in [2.75, 3.05) is 61.2 Å². The van der Waals surface area contributed by atoms with Crippen LogP contribution in [0.4, 0.5) is 0 Å². The molecule has 158 valence electrons. The highest BCUT2D eigenvalue weighted by Crippen LogP contribution is 2.43. The van der Waals surface area contributed by atoms with Crippen LogP contribution >= 0.6 is 7.82 Å². The number of unbranched alkanes of at least 4 members (excludes halogenated alkanes) is 6. The van der Waals surface area contributed by atoms with Crippen molar-refractivity contribution in [1.82, 2.24) is 0 Å². The SMILES string of the molecule is CCCCCCCCCOC[C@H](COP(=O)(O)OCC[N+](C)(C)C)OC. The maximum atomic E-state index is 11.9. The highest BCUT2D eigenvalue weighted by molar-refractivity contribution is 7.47. The molecule has 0 aromatic rings. The van der Waals surface area contributed by atoms with E-state index in [4.69, 9.17) is 18.5 Å². The Balaban J connectivity index is 3.76. The first-order valence-corrected chi connectivity index (χ1v) is 11.2. The van der Waals surface area contributed by atoms with E-state index in [0.717, 1.165) is 6.42 Å². The van der Waals surface area contributed by atoms with Crippen molar-refractivity contribution in [3.63, 3.8) is 0 Å². The summed E-state index contributed by atoms with van der Waals surface area (Å²) in [6.07, 6.45) is 8.26. The molecule has 1 N–H and O–H groups in total. The second-order valence-electron chi connectivity index (χ2n) is 7.67. The fraction of sp³-hybridized carbons (Fsp3) is 1.00. The van der Waals surface area contributed by atoms with Crippen LogP contribution in [0, 0.1) is 0 Å². The molecule has 0 aromatic carbocycles. The summed E-state index contributed by atoms with van der Waals surface area (Å²) in [5.74, 6) is 0. The van der Waals surface area contributed by atoms with Gasteiger partial charge in [-0.05, 0) is 6.42 Å². The summed E-state index contributed by atoms with van der Waals surface area (Å²) in [6.45, 7) is 3.96. The number of hydrogen-bond acceptors (Lipinski definition) is 5. The van der Waals surface area contributed by atoms with Crippen LogP contribution in [0.1, 0.15) is 51.9 Å². The molecule has 7 nitrogen and oxygen atoms in total.